The quantitative estimate of drug-likeness (QED) is 0.594. The summed E-state index contributed by atoms with van der Waals surface area (Å²) in [6.45, 7) is 5.34. The van der Waals surface area contributed by atoms with E-state index in [-0.39, 0.29) is 5.82 Å². The Labute approximate surface area is 170 Å². The van der Waals surface area contributed by atoms with Gasteiger partial charge < -0.3 is 9.26 Å². The highest BCUT2D eigenvalue weighted by Gasteiger charge is 2.22. The third-order valence-corrected chi connectivity index (χ3v) is 5.35. The molecule has 0 saturated carbocycles. The van der Waals surface area contributed by atoms with Crippen molar-refractivity contribution in [3.8, 4) is 5.75 Å². The van der Waals surface area contributed by atoms with E-state index in [2.05, 4.69) is 28.0 Å². The number of nitrogens with zero attached hydrogens (tertiary/aromatic N) is 3. The SMILES string of the molecule is Cc1ccccc1OCC1CCCN(Cc2nc(Cc3ccccc3F)no2)C1. The van der Waals surface area contributed by atoms with Crippen LogP contribution in [0.3, 0.4) is 0 Å². The Bertz CT molecular complexity index is 943. The number of halogens is 1. The van der Waals surface area contributed by atoms with Crippen molar-refractivity contribution in [1.29, 1.82) is 0 Å². The van der Waals surface area contributed by atoms with Crippen molar-refractivity contribution >= 4 is 0 Å². The zero-order chi connectivity index (χ0) is 20.1. The van der Waals surface area contributed by atoms with Crippen LogP contribution in [0.25, 0.3) is 0 Å². The van der Waals surface area contributed by atoms with Crippen molar-refractivity contribution < 1.29 is 13.7 Å². The third kappa shape index (κ3) is 5.21. The summed E-state index contributed by atoms with van der Waals surface area (Å²) in [6.07, 6.45) is 2.62. The molecule has 3 aromatic rings. The fourth-order valence-electron chi connectivity index (χ4n) is 3.79. The molecule has 0 radical (unpaired) electrons. The molecule has 0 bridgehead atoms. The summed E-state index contributed by atoms with van der Waals surface area (Å²) in [5.74, 6) is 2.29. The maximum Gasteiger partial charge on any atom is 0.240 e. The Morgan fingerprint density at radius 1 is 1.17 bits per heavy atom. The second-order valence-corrected chi connectivity index (χ2v) is 7.69. The number of piperidine rings is 1. The second kappa shape index (κ2) is 9.18. The fourth-order valence-corrected chi connectivity index (χ4v) is 3.79. The number of aryl methyl sites for hydroxylation is 1. The number of hydrogen-bond donors (Lipinski definition) is 0. The van der Waals surface area contributed by atoms with Gasteiger partial charge in [-0.2, -0.15) is 4.98 Å². The Kier molecular flexibility index (Phi) is 6.20. The summed E-state index contributed by atoms with van der Waals surface area (Å²) in [5.41, 5.74) is 1.74. The van der Waals surface area contributed by atoms with Crippen molar-refractivity contribution in [3.63, 3.8) is 0 Å². The minimum atomic E-state index is -0.244. The maximum absolute atomic E-state index is 13.8. The largest absolute Gasteiger partial charge is 0.493 e. The molecule has 1 atom stereocenters. The van der Waals surface area contributed by atoms with Crippen LogP contribution in [0.5, 0.6) is 5.75 Å². The minimum Gasteiger partial charge on any atom is -0.493 e. The topological polar surface area (TPSA) is 51.4 Å². The molecule has 0 aliphatic carbocycles. The Morgan fingerprint density at radius 3 is 2.86 bits per heavy atom. The molecular formula is C23H26FN3O2. The van der Waals surface area contributed by atoms with E-state index < -0.39 is 0 Å². The molecule has 152 valence electrons. The van der Waals surface area contributed by atoms with Crippen LogP contribution in [-0.4, -0.2) is 34.7 Å². The zero-order valence-corrected chi connectivity index (χ0v) is 16.7. The first-order valence-electron chi connectivity index (χ1n) is 10.1. The van der Waals surface area contributed by atoms with Crippen LogP contribution in [0, 0.1) is 18.7 Å². The average Bonchev–Trinajstić information content (AvgIpc) is 3.16. The van der Waals surface area contributed by atoms with Crippen molar-refractivity contribution in [2.24, 2.45) is 5.92 Å². The average molecular weight is 395 g/mol. The van der Waals surface area contributed by atoms with E-state index in [1.807, 2.05) is 24.3 Å². The Balaban J connectivity index is 1.30. The number of rotatable bonds is 7. The van der Waals surface area contributed by atoms with Gasteiger partial charge in [0, 0.05) is 18.9 Å². The molecule has 2 aromatic carbocycles. The third-order valence-electron chi connectivity index (χ3n) is 5.35. The lowest BCUT2D eigenvalue weighted by Gasteiger charge is -2.31. The van der Waals surface area contributed by atoms with E-state index in [0.29, 0.717) is 42.8 Å². The van der Waals surface area contributed by atoms with E-state index in [1.54, 1.807) is 12.1 Å². The van der Waals surface area contributed by atoms with Crippen LogP contribution in [-0.2, 0) is 13.0 Å². The van der Waals surface area contributed by atoms with E-state index in [0.717, 1.165) is 37.2 Å². The Hall–Kier alpha value is -2.73. The first kappa shape index (κ1) is 19.6. The summed E-state index contributed by atoms with van der Waals surface area (Å²) < 4.78 is 25.3. The number of likely N-dealkylation sites (tertiary alicyclic amines) is 1. The molecule has 29 heavy (non-hydrogen) atoms. The van der Waals surface area contributed by atoms with Gasteiger partial charge in [-0.15, -0.1) is 0 Å². The van der Waals surface area contributed by atoms with Gasteiger partial charge in [-0.3, -0.25) is 4.90 Å². The molecule has 2 heterocycles. The van der Waals surface area contributed by atoms with Gasteiger partial charge in [-0.25, -0.2) is 4.39 Å². The first-order valence-corrected chi connectivity index (χ1v) is 10.1. The summed E-state index contributed by atoms with van der Waals surface area (Å²) in [4.78, 5) is 6.78. The molecule has 4 rings (SSSR count). The highest BCUT2D eigenvalue weighted by Crippen LogP contribution is 2.22. The van der Waals surface area contributed by atoms with Crippen LogP contribution in [0.1, 0.15) is 35.7 Å². The van der Waals surface area contributed by atoms with E-state index >= 15 is 0 Å². The van der Waals surface area contributed by atoms with Gasteiger partial charge in [-0.1, -0.05) is 41.6 Å². The molecule has 1 fully saturated rings. The number of para-hydroxylation sites is 1. The fraction of sp³-hybridized carbons (Fsp3) is 0.391. The summed E-state index contributed by atoms with van der Waals surface area (Å²) in [7, 11) is 0. The normalized spacial score (nSPS) is 17.4. The number of benzene rings is 2. The smallest absolute Gasteiger partial charge is 0.240 e. The molecule has 0 amide bonds. The number of hydrogen-bond acceptors (Lipinski definition) is 5. The lowest BCUT2D eigenvalue weighted by atomic mass is 9.99. The van der Waals surface area contributed by atoms with Gasteiger partial charge in [0.25, 0.3) is 0 Å². The monoisotopic (exact) mass is 395 g/mol. The highest BCUT2D eigenvalue weighted by molar-refractivity contribution is 5.31. The van der Waals surface area contributed by atoms with Gasteiger partial charge in [0.05, 0.1) is 13.2 Å². The lowest BCUT2D eigenvalue weighted by molar-refractivity contribution is 0.115. The predicted octanol–water partition coefficient (Wildman–Crippen LogP) is 4.40. The van der Waals surface area contributed by atoms with Crippen molar-refractivity contribution in [2.75, 3.05) is 19.7 Å². The van der Waals surface area contributed by atoms with E-state index in [1.165, 1.54) is 6.07 Å². The highest BCUT2D eigenvalue weighted by atomic mass is 19.1. The summed E-state index contributed by atoms with van der Waals surface area (Å²) in [5, 5.41) is 4.02. The van der Waals surface area contributed by atoms with Crippen LogP contribution in [0.2, 0.25) is 0 Å². The van der Waals surface area contributed by atoms with E-state index in [9.17, 15) is 4.39 Å². The standard InChI is InChI=1S/C23H26FN3O2/c1-17-7-2-5-11-21(17)28-16-18-8-6-12-27(14-18)15-23-25-22(26-29-23)13-19-9-3-4-10-20(19)24/h2-5,7,9-11,18H,6,8,12-16H2,1H3. The van der Waals surface area contributed by atoms with Gasteiger partial charge in [-0.05, 0) is 49.6 Å². The first-order chi connectivity index (χ1) is 14.2. The molecule has 1 unspecified atom stereocenters. The van der Waals surface area contributed by atoms with Crippen molar-refractivity contribution in [1.82, 2.24) is 15.0 Å². The van der Waals surface area contributed by atoms with E-state index in [4.69, 9.17) is 9.26 Å². The van der Waals surface area contributed by atoms with Gasteiger partial charge >= 0.3 is 0 Å². The zero-order valence-electron chi connectivity index (χ0n) is 16.7. The molecule has 6 heteroatoms. The number of ether oxygens (including phenoxy) is 1. The maximum atomic E-state index is 13.8. The minimum absolute atomic E-state index is 0.244. The second-order valence-electron chi connectivity index (χ2n) is 7.69. The van der Waals surface area contributed by atoms with Gasteiger partial charge in [0.1, 0.15) is 11.6 Å². The molecule has 1 saturated heterocycles. The summed E-state index contributed by atoms with van der Waals surface area (Å²) >= 11 is 0. The van der Waals surface area contributed by atoms with Crippen LogP contribution in [0.15, 0.2) is 53.1 Å². The molecule has 1 aromatic heterocycles. The molecule has 5 nitrogen and oxygen atoms in total. The number of aromatic nitrogens is 2. The molecule has 0 N–H and O–H groups in total. The predicted molar refractivity (Wildman–Crippen MR) is 108 cm³/mol. The Morgan fingerprint density at radius 2 is 2.00 bits per heavy atom. The molecule has 1 aliphatic rings. The van der Waals surface area contributed by atoms with Crippen LogP contribution < -0.4 is 4.74 Å². The van der Waals surface area contributed by atoms with Crippen molar-refractivity contribution in [2.45, 2.75) is 32.7 Å². The van der Waals surface area contributed by atoms with Crippen LogP contribution >= 0.6 is 0 Å². The summed E-state index contributed by atoms with van der Waals surface area (Å²) in [6, 6.07) is 14.8. The van der Waals surface area contributed by atoms with Crippen molar-refractivity contribution in [3.05, 3.63) is 77.2 Å². The lowest BCUT2D eigenvalue weighted by Crippen LogP contribution is -2.37. The van der Waals surface area contributed by atoms with Gasteiger partial charge in [0.2, 0.25) is 5.89 Å². The molecule has 1 aliphatic heterocycles. The van der Waals surface area contributed by atoms with Crippen LogP contribution in [0.4, 0.5) is 4.39 Å². The molecular weight excluding hydrogens is 369 g/mol. The molecule has 0 spiro atoms. The van der Waals surface area contributed by atoms with Gasteiger partial charge in [0.15, 0.2) is 5.82 Å².